The molecule has 1 saturated heterocycles. The number of hydrogen-bond donors (Lipinski definition) is 0. The molecule has 1 aliphatic rings. The van der Waals surface area contributed by atoms with Gasteiger partial charge in [0.2, 0.25) is 0 Å². The number of nitrogens with zero attached hydrogens (tertiary/aromatic N) is 2. The van der Waals surface area contributed by atoms with Crippen LogP contribution in [-0.4, -0.2) is 49.1 Å². The van der Waals surface area contributed by atoms with Gasteiger partial charge in [-0.2, -0.15) is 0 Å². The molecule has 2 heteroatoms. The van der Waals surface area contributed by atoms with Crippen molar-refractivity contribution in [3.8, 4) is 11.8 Å². The molecule has 0 bridgehead atoms. The van der Waals surface area contributed by atoms with E-state index >= 15 is 0 Å². The molecule has 0 N–H and O–H groups in total. The van der Waals surface area contributed by atoms with Crippen LogP contribution in [0.5, 0.6) is 0 Å². The van der Waals surface area contributed by atoms with Gasteiger partial charge in [0.15, 0.2) is 0 Å². The van der Waals surface area contributed by atoms with Crippen molar-refractivity contribution in [1.82, 2.24) is 9.80 Å². The van der Waals surface area contributed by atoms with Crippen LogP contribution >= 0.6 is 0 Å². The van der Waals surface area contributed by atoms with Crippen LogP contribution < -0.4 is 0 Å². The molecule has 0 saturated carbocycles. The number of rotatable bonds is 4. The molecule has 0 spiro atoms. The van der Waals surface area contributed by atoms with Crippen molar-refractivity contribution in [3.05, 3.63) is 71.8 Å². The van der Waals surface area contributed by atoms with Crippen LogP contribution in [-0.2, 0) is 6.42 Å². The topological polar surface area (TPSA) is 6.48 Å². The van der Waals surface area contributed by atoms with Crippen LogP contribution in [0.1, 0.15) is 11.1 Å². The molecular weight excluding hydrogens is 280 g/mol. The van der Waals surface area contributed by atoms with Crippen molar-refractivity contribution < 1.29 is 0 Å². The molecule has 1 fully saturated rings. The summed E-state index contributed by atoms with van der Waals surface area (Å²) in [6, 6.07) is 21.0. The van der Waals surface area contributed by atoms with Gasteiger partial charge in [-0.15, -0.1) is 0 Å². The Morgan fingerprint density at radius 3 is 2.04 bits per heavy atom. The Morgan fingerprint density at radius 2 is 1.35 bits per heavy atom. The van der Waals surface area contributed by atoms with Crippen molar-refractivity contribution in [3.63, 3.8) is 0 Å². The molecule has 118 valence electrons. The molecule has 1 aliphatic heterocycles. The van der Waals surface area contributed by atoms with Crippen LogP contribution in [0.15, 0.2) is 60.7 Å². The van der Waals surface area contributed by atoms with Crippen molar-refractivity contribution in [2.75, 3.05) is 39.3 Å². The van der Waals surface area contributed by atoms with Gasteiger partial charge in [-0.1, -0.05) is 60.4 Å². The van der Waals surface area contributed by atoms with Gasteiger partial charge in [0.05, 0.1) is 6.54 Å². The minimum Gasteiger partial charge on any atom is -0.300 e. The molecule has 0 unspecified atom stereocenters. The Labute approximate surface area is 139 Å². The van der Waals surface area contributed by atoms with Gasteiger partial charge in [-0.25, -0.2) is 0 Å². The second kappa shape index (κ2) is 8.53. The summed E-state index contributed by atoms with van der Waals surface area (Å²) < 4.78 is 0. The third-order valence-electron chi connectivity index (χ3n) is 4.33. The van der Waals surface area contributed by atoms with E-state index in [9.17, 15) is 0 Å². The first-order valence-electron chi connectivity index (χ1n) is 8.43. The van der Waals surface area contributed by atoms with Gasteiger partial charge in [-0.05, 0) is 24.1 Å². The fourth-order valence-corrected chi connectivity index (χ4v) is 2.88. The van der Waals surface area contributed by atoms with E-state index in [4.69, 9.17) is 0 Å². The highest BCUT2D eigenvalue weighted by Crippen LogP contribution is 2.05. The fourth-order valence-electron chi connectivity index (χ4n) is 2.88. The Bertz CT molecular complexity index is 632. The number of piperazine rings is 1. The standard InChI is InChI=1S/C21H24N2/c1-3-8-20(9-4-1)12-7-14-22-16-18-23(19-17-22)15-13-21-10-5-2-6-11-21/h1-6,8-11H,13-19H2. The normalized spacial score (nSPS) is 15.8. The smallest absolute Gasteiger partial charge is 0.0606 e. The van der Waals surface area contributed by atoms with Crippen LogP contribution in [0, 0.1) is 11.8 Å². The first-order chi connectivity index (χ1) is 11.4. The first kappa shape index (κ1) is 15.8. The van der Waals surface area contributed by atoms with Crippen LogP contribution in [0.2, 0.25) is 0 Å². The SMILES string of the molecule is C(#Cc1ccccc1)CN1CCN(CCc2ccccc2)CC1. The quantitative estimate of drug-likeness (QED) is 0.802. The van der Waals surface area contributed by atoms with E-state index in [-0.39, 0.29) is 0 Å². The molecule has 2 nitrogen and oxygen atoms in total. The molecule has 2 aromatic rings. The van der Waals surface area contributed by atoms with E-state index in [0.717, 1.165) is 51.3 Å². The summed E-state index contributed by atoms with van der Waals surface area (Å²) >= 11 is 0. The number of hydrogen-bond acceptors (Lipinski definition) is 2. The Balaban J connectivity index is 1.38. The maximum atomic E-state index is 3.30. The molecular formula is C21H24N2. The molecule has 3 rings (SSSR count). The monoisotopic (exact) mass is 304 g/mol. The largest absolute Gasteiger partial charge is 0.300 e. The maximum Gasteiger partial charge on any atom is 0.0606 e. The van der Waals surface area contributed by atoms with E-state index in [2.05, 4.69) is 64.1 Å². The van der Waals surface area contributed by atoms with E-state index in [1.165, 1.54) is 5.56 Å². The highest BCUT2D eigenvalue weighted by molar-refractivity contribution is 5.33. The molecule has 0 amide bonds. The van der Waals surface area contributed by atoms with Crippen molar-refractivity contribution in [2.45, 2.75) is 6.42 Å². The molecule has 0 atom stereocenters. The second-order valence-corrected chi connectivity index (χ2v) is 6.02. The van der Waals surface area contributed by atoms with Gasteiger partial charge < -0.3 is 4.90 Å². The fraction of sp³-hybridized carbons (Fsp3) is 0.333. The van der Waals surface area contributed by atoms with Gasteiger partial charge in [0, 0.05) is 38.3 Å². The lowest BCUT2D eigenvalue weighted by molar-refractivity contribution is 0.145. The van der Waals surface area contributed by atoms with Gasteiger partial charge >= 0.3 is 0 Å². The minimum absolute atomic E-state index is 0.876. The third kappa shape index (κ3) is 5.25. The molecule has 23 heavy (non-hydrogen) atoms. The van der Waals surface area contributed by atoms with Gasteiger partial charge in [0.1, 0.15) is 0 Å². The summed E-state index contributed by atoms with van der Waals surface area (Å²) in [6.45, 7) is 6.59. The lowest BCUT2D eigenvalue weighted by Gasteiger charge is -2.33. The van der Waals surface area contributed by atoms with E-state index in [0.29, 0.717) is 0 Å². The zero-order valence-electron chi connectivity index (χ0n) is 13.6. The van der Waals surface area contributed by atoms with E-state index in [1.54, 1.807) is 0 Å². The first-order valence-corrected chi connectivity index (χ1v) is 8.43. The highest BCUT2D eigenvalue weighted by atomic mass is 15.3. The summed E-state index contributed by atoms with van der Waals surface area (Å²) in [6.07, 6.45) is 1.15. The van der Waals surface area contributed by atoms with Crippen LogP contribution in [0.4, 0.5) is 0 Å². The average Bonchev–Trinajstić information content (AvgIpc) is 2.63. The van der Waals surface area contributed by atoms with Crippen molar-refractivity contribution >= 4 is 0 Å². The Morgan fingerprint density at radius 1 is 0.739 bits per heavy atom. The van der Waals surface area contributed by atoms with Crippen LogP contribution in [0.25, 0.3) is 0 Å². The number of benzene rings is 2. The molecule has 1 heterocycles. The van der Waals surface area contributed by atoms with Crippen molar-refractivity contribution in [1.29, 1.82) is 0 Å². The molecule has 0 radical (unpaired) electrons. The average molecular weight is 304 g/mol. The lowest BCUT2D eigenvalue weighted by atomic mass is 10.1. The molecule has 0 aromatic heterocycles. The molecule has 2 aromatic carbocycles. The predicted octanol–water partition coefficient (Wildman–Crippen LogP) is 2.90. The minimum atomic E-state index is 0.876. The highest BCUT2D eigenvalue weighted by Gasteiger charge is 2.15. The summed E-state index contributed by atoms with van der Waals surface area (Å²) in [4.78, 5) is 5.02. The summed E-state index contributed by atoms with van der Waals surface area (Å²) in [7, 11) is 0. The van der Waals surface area contributed by atoms with E-state index in [1.807, 2.05) is 18.2 Å². The Kier molecular flexibility index (Phi) is 5.86. The van der Waals surface area contributed by atoms with Crippen molar-refractivity contribution in [2.24, 2.45) is 0 Å². The Hall–Kier alpha value is -2.08. The zero-order valence-corrected chi connectivity index (χ0v) is 13.6. The summed E-state index contributed by atoms with van der Waals surface area (Å²) in [5.74, 6) is 6.55. The van der Waals surface area contributed by atoms with E-state index < -0.39 is 0 Å². The van der Waals surface area contributed by atoms with Gasteiger partial charge in [-0.3, -0.25) is 4.90 Å². The predicted molar refractivity (Wildman–Crippen MR) is 96.3 cm³/mol. The van der Waals surface area contributed by atoms with Crippen LogP contribution in [0.3, 0.4) is 0 Å². The zero-order chi connectivity index (χ0) is 15.7. The second-order valence-electron chi connectivity index (χ2n) is 6.02. The lowest BCUT2D eigenvalue weighted by Crippen LogP contribution is -2.46. The maximum absolute atomic E-state index is 3.30. The summed E-state index contributed by atoms with van der Waals surface area (Å²) in [5.41, 5.74) is 2.54. The van der Waals surface area contributed by atoms with Gasteiger partial charge in [0.25, 0.3) is 0 Å². The third-order valence-corrected chi connectivity index (χ3v) is 4.33. The molecule has 0 aliphatic carbocycles. The summed E-state index contributed by atoms with van der Waals surface area (Å²) in [5, 5.41) is 0.